The van der Waals surface area contributed by atoms with Crippen molar-refractivity contribution >= 4 is 33.7 Å². The van der Waals surface area contributed by atoms with E-state index in [9.17, 15) is 9.59 Å². The fraction of sp³-hybridized carbons (Fsp3) is 0.227. The monoisotopic (exact) mass is 390 g/mol. The van der Waals surface area contributed by atoms with E-state index >= 15 is 0 Å². The van der Waals surface area contributed by atoms with Gasteiger partial charge in [0.2, 0.25) is 11.8 Å². The molecule has 1 unspecified atom stereocenters. The lowest BCUT2D eigenvalue weighted by Gasteiger charge is -2.28. The third kappa shape index (κ3) is 3.03. The molecule has 1 aromatic heterocycles. The van der Waals surface area contributed by atoms with Crippen LogP contribution in [0.5, 0.6) is 11.6 Å². The van der Waals surface area contributed by atoms with E-state index in [4.69, 9.17) is 4.74 Å². The van der Waals surface area contributed by atoms with Crippen LogP contribution in [0.15, 0.2) is 54.7 Å². The zero-order chi connectivity index (χ0) is 19.1. The molecule has 5 nitrogen and oxygen atoms in total. The summed E-state index contributed by atoms with van der Waals surface area (Å²) in [4.78, 5) is 28.1. The fourth-order valence-corrected chi connectivity index (χ4v) is 5.13. The van der Waals surface area contributed by atoms with E-state index in [1.807, 2.05) is 48.5 Å². The van der Waals surface area contributed by atoms with Crippen LogP contribution >= 0.6 is 11.8 Å². The molecule has 2 heterocycles. The van der Waals surface area contributed by atoms with E-state index in [2.05, 4.69) is 10.3 Å². The highest BCUT2D eigenvalue weighted by molar-refractivity contribution is 8.15. The number of rotatable bonds is 3. The number of carbonyl (C=O) groups excluding carboxylic acids is 2. The van der Waals surface area contributed by atoms with Gasteiger partial charge < -0.3 is 4.74 Å². The Morgan fingerprint density at radius 1 is 1.11 bits per heavy atom. The summed E-state index contributed by atoms with van der Waals surface area (Å²) in [5, 5.41) is 3.88. The predicted molar refractivity (Wildman–Crippen MR) is 109 cm³/mol. The molecule has 0 bridgehead atoms. The molecule has 2 aliphatic rings. The van der Waals surface area contributed by atoms with Crippen LogP contribution < -0.4 is 10.1 Å². The molecule has 1 aliphatic carbocycles. The number of aryl methyl sites for hydroxylation is 1. The topological polar surface area (TPSA) is 68.3 Å². The second kappa shape index (κ2) is 6.95. The summed E-state index contributed by atoms with van der Waals surface area (Å²) in [6.07, 6.45) is 4.60. The van der Waals surface area contributed by atoms with Crippen molar-refractivity contribution < 1.29 is 14.3 Å². The first kappa shape index (κ1) is 17.3. The van der Waals surface area contributed by atoms with Crippen LogP contribution in [0, 0.1) is 0 Å². The minimum atomic E-state index is -0.335. The van der Waals surface area contributed by atoms with E-state index in [-0.39, 0.29) is 22.3 Å². The highest BCUT2D eigenvalue weighted by Crippen LogP contribution is 2.42. The van der Waals surface area contributed by atoms with Gasteiger partial charge in [-0.1, -0.05) is 36.0 Å². The molecule has 3 aromatic rings. The number of nitrogens with zero attached hydrogens (tertiary/aromatic N) is 1. The van der Waals surface area contributed by atoms with Crippen LogP contribution in [-0.2, 0) is 11.2 Å². The normalized spacial score (nSPS) is 21.4. The van der Waals surface area contributed by atoms with Crippen LogP contribution in [-0.4, -0.2) is 21.4 Å². The maximum atomic E-state index is 12.1. The number of pyridine rings is 1. The standard InChI is InChI=1S/C22H18N2O3S/c25-20-19(28-22(26)24-20)18-7-3-5-14-12-15(8-9-16(14)18)27-21-17-6-2-1-4-13(17)10-11-23-21/h1-2,4,6,8-12,18-19H,3,5,7H2,(H,24,25,26)/t18-,19?/m0/s1. The van der Waals surface area contributed by atoms with E-state index in [1.165, 1.54) is 5.56 Å². The van der Waals surface area contributed by atoms with Crippen molar-refractivity contribution in [2.75, 3.05) is 0 Å². The fourth-order valence-electron chi connectivity index (χ4n) is 4.13. The molecule has 0 saturated carbocycles. The van der Waals surface area contributed by atoms with Crippen molar-refractivity contribution in [3.8, 4) is 11.6 Å². The molecule has 5 rings (SSSR count). The quantitative estimate of drug-likeness (QED) is 0.696. The number of thioether (sulfide) groups is 1. The summed E-state index contributed by atoms with van der Waals surface area (Å²) in [7, 11) is 0. The van der Waals surface area contributed by atoms with Crippen molar-refractivity contribution in [3.05, 3.63) is 65.9 Å². The summed E-state index contributed by atoms with van der Waals surface area (Å²) in [5.41, 5.74) is 2.33. The van der Waals surface area contributed by atoms with Gasteiger partial charge in [-0.15, -0.1) is 0 Å². The average Bonchev–Trinajstić information content (AvgIpc) is 3.05. The molecule has 0 radical (unpaired) electrons. The third-order valence-corrected chi connectivity index (χ3v) is 6.52. The zero-order valence-corrected chi connectivity index (χ0v) is 15.9. The van der Waals surface area contributed by atoms with Gasteiger partial charge in [0, 0.05) is 17.5 Å². The summed E-state index contributed by atoms with van der Waals surface area (Å²) in [5.74, 6) is 1.21. The zero-order valence-electron chi connectivity index (χ0n) is 15.1. The molecule has 28 heavy (non-hydrogen) atoms. The second-order valence-corrected chi connectivity index (χ2v) is 8.23. The van der Waals surface area contributed by atoms with Gasteiger partial charge in [0.05, 0.1) is 0 Å². The van der Waals surface area contributed by atoms with Crippen LogP contribution in [0.1, 0.15) is 29.9 Å². The van der Waals surface area contributed by atoms with Gasteiger partial charge in [0.1, 0.15) is 11.0 Å². The van der Waals surface area contributed by atoms with Crippen molar-refractivity contribution in [1.29, 1.82) is 0 Å². The van der Waals surface area contributed by atoms with E-state index in [0.29, 0.717) is 5.88 Å². The number of hydrogen-bond donors (Lipinski definition) is 1. The van der Waals surface area contributed by atoms with Crippen LogP contribution in [0.3, 0.4) is 0 Å². The number of hydrogen-bond acceptors (Lipinski definition) is 5. The van der Waals surface area contributed by atoms with Crippen molar-refractivity contribution in [3.63, 3.8) is 0 Å². The molecular formula is C22H18N2O3S. The van der Waals surface area contributed by atoms with Crippen LogP contribution in [0.25, 0.3) is 10.8 Å². The largest absolute Gasteiger partial charge is 0.438 e. The van der Waals surface area contributed by atoms with Gasteiger partial charge in [-0.3, -0.25) is 14.9 Å². The average molecular weight is 390 g/mol. The molecule has 2 aromatic carbocycles. The van der Waals surface area contributed by atoms with Gasteiger partial charge in [0.25, 0.3) is 5.24 Å². The molecule has 6 heteroatoms. The number of nitrogens with one attached hydrogen (secondary N) is 1. The Bertz CT molecular complexity index is 1090. The summed E-state index contributed by atoms with van der Waals surface area (Å²) in [6.45, 7) is 0. The molecule has 2 amide bonds. The Hall–Kier alpha value is -2.86. The minimum absolute atomic E-state index is 0.0601. The van der Waals surface area contributed by atoms with Crippen LogP contribution in [0.2, 0.25) is 0 Å². The van der Waals surface area contributed by atoms with E-state index in [1.54, 1.807) is 6.20 Å². The Kier molecular flexibility index (Phi) is 4.28. The molecule has 1 saturated heterocycles. The van der Waals surface area contributed by atoms with E-state index in [0.717, 1.165) is 53.1 Å². The first-order valence-electron chi connectivity index (χ1n) is 9.35. The first-order chi connectivity index (χ1) is 13.7. The lowest BCUT2D eigenvalue weighted by Crippen LogP contribution is -2.30. The minimum Gasteiger partial charge on any atom is -0.438 e. The van der Waals surface area contributed by atoms with Gasteiger partial charge in [0.15, 0.2) is 0 Å². The molecule has 0 spiro atoms. The number of ether oxygens (including phenoxy) is 1. The molecular weight excluding hydrogens is 372 g/mol. The summed E-state index contributed by atoms with van der Waals surface area (Å²) >= 11 is 1.11. The summed E-state index contributed by atoms with van der Waals surface area (Å²) in [6, 6.07) is 16.0. The highest BCUT2D eigenvalue weighted by atomic mass is 32.2. The van der Waals surface area contributed by atoms with Crippen molar-refractivity contribution in [2.45, 2.75) is 30.4 Å². The highest BCUT2D eigenvalue weighted by Gasteiger charge is 2.40. The van der Waals surface area contributed by atoms with Gasteiger partial charge >= 0.3 is 0 Å². The second-order valence-electron chi connectivity index (χ2n) is 7.11. The van der Waals surface area contributed by atoms with E-state index < -0.39 is 0 Å². The number of benzene rings is 2. The van der Waals surface area contributed by atoms with Crippen LogP contribution in [0.4, 0.5) is 4.79 Å². The van der Waals surface area contributed by atoms with Crippen molar-refractivity contribution in [1.82, 2.24) is 10.3 Å². The lowest BCUT2D eigenvalue weighted by atomic mass is 9.80. The number of imide groups is 1. The Morgan fingerprint density at radius 3 is 2.86 bits per heavy atom. The SMILES string of the molecule is O=C1NC(=O)C([C@H]2CCCc3cc(Oc4nccc5ccccc45)ccc32)S1. The van der Waals surface area contributed by atoms with Crippen molar-refractivity contribution in [2.24, 2.45) is 0 Å². The number of amides is 2. The smallest absolute Gasteiger partial charge is 0.286 e. The number of aromatic nitrogens is 1. The number of carbonyl (C=O) groups is 2. The first-order valence-corrected chi connectivity index (χ1v) is 10.2. The predicted octanol–water partition coefficient (Wildman–Crippen LogP) is 4.80. The molecule has 1 N–H and O–H groups in total. The molecule has 1 fully saturated rings. The van der Waals surface area contributed by atoms with Gasteiger partial charge in [-0.25, -0.2) is 4.98 Å². The maximum Gasteiger partial charge on any atom is 0.286 e. The van der Waals surface area contributed by atoms with Gasteiger partial charge in [-0.05, 0) is 60.0 Å². The Labute approximate surface area is 166 Å². The lowest BCUT2D eigenvalue weighted by molar-refractivity contribution is -0.119. The molecule has 2 atom stereocenters. The molecule has 140 valence electrons. The van der Waals surface area contributed by atoms with Gasteiger partial charge in [-0.2, -0.15) is 0 Å². The third-order valence-electron chi connectivity index (χ3n) is 5.41. The Morgan fingerprint density at radius 2 is 2.00 bits per heavy atom. The maximum absolute atomic E-state index is 12.1. The summed E-state index contributed by atoms with van der Waals surface area (Å²) < 4.78 is 6.11. The molecule has 1 aliphatic heterocycles. The number of fused-ring (bicyclic) bond motifs is 2. The Balaban J connectivity index is 1.46.